The van der Waals surface area contributed by atoms with Gasteiger partial charge in [-0.05, 0) is 40.2 Å². The molecule has 1 saturated heterocycles. The molecular weight excluding hydrogens is 370 g/mol. The largest absolute Gasteiger partial charge is 0.331 e. The fourth-order valence-electron chi connectivity index (χ4n) is 6.26. The smallest absolute Gasteiger partial charge is 0.290 e. The third-order valence-corrected chi connectivity index (χ3v) is 7.49. The summed E-state index contributed by atoms with van der Waals surface area (Å²) in [5, 5.41) is 2.39. The van der Waals surface area contributed by atoms with Crippen LogP contribution in [0.15, 0.2) is 84.9 Å². The molecule has 0 unspecified atom stereocenters. The van der Waals surface area contributed by atoms with Crippen LogP contribution >= 0.6 is 0 Å². The number of allylic oxidation sites excluding steroid dienone is 2. The minimum absolute atomic E-state index is 0.0517. The molecule has 3 nitrogen and oxygen atoms in total. The predicted octanol–water partition coefficient (Wildman–Crippen LogP) is 4.73. The number of likely N-dealkylation sites (tertiary alicyclic amines) is 1. The summed E-state index contributed by atoms with van der Waals surface area (Å²) in [6.07, 6.45) is 5.44. The molecule has 1 spiro atoms. The van der Waals surface area contributed by atoms with E-state index in [-0.39, 0.29) is 23.5 Å². The zero-order chi connectivity index (χ0) is 20.3. The number of benzene rings is 3. The van der Waals surface area contributed by atoms with Gasteiger partial charge in [-0.2, -0.15) is 0 Å². The standard InChI is InChI=1S/C27H23NO2/c29-25-26(30)28(16-18-7-2-1-3-8-18)17-27(25)21-14-13-20(15-21)24(27)23-12-6-10-19-9-4-5-11-22(19)23/h1-14,20-21,24H,15-17H2/t20-,21+,24+,27-/m1/s1. The average Bonchev–Trinajstić information content (AvgIpc) is 3.44. The summed E-state index contributed by atoms with van der Waals surface area (Å²) in [6, 6.07) is 24.7. The van der Waals surface area contributed by atoms with Crippen molar-refractivity contribution in [1.82, 2.24) is 4.90 Å². The number of amides is 1. The molecule has 3 aromatic carbocycles. The molecule has 1 saturated carbocycles. The van der Waals surface area contributed by atoms with Crippen LogP contribution in [-0.2, 0) is 16.1 Å². The summed E-state index contributed by atoms with van der Waals surface area (Å²) in [5.74, 6) is 0.00648. The highest BCUT2D eigenvalue weighted by molar-refractivity contribution is 6.40. The van der Waals surface area contributed by atoms with Crippen molar-refractivity contribution in [3.63, 3.8) is 0 Å². The van der Waals surface area contributed by atoms with Crippen LogP contribution in [0.3, 0.4) is 0 Å². The first kappa shape index (κ1) is 17.6. The molecule has 1 heterocycles. The Kier molecular flexibility index (Phi) is 3.76. The number of fused-ring (bicyclic) bond motifs is 4. The van der Waals surface area contributed by atoms with Crippen molar-refractivity contribution in [2.45, 2.75) is 18.9 Å². The van der Waals surface area contributed by atoms with Gasteiger partial charge in [0.25, 0.3) is 5.91 Å². The molecular formula is C27H23NO2. The Morgan fingerprint density at radius 2 is 1.63 bits per heavy atom. The Morgan fingerprint density at radius 1 is 0.867 bits per heavy atom. The van der Waals surface area contributed by atoms with Crippen molar-refractivity contribution < 1.29 is 9.59 Å². The third kappa shape index (κ3) is 2.32. The van der Waals surface area contributed by atoms with Gasteiger partial charge in [-0.15, -0.1) is 0 Å². The molecule has 3 aliphatic rings. The van der Waals surface area contributed by atoms with Crippen molar-refractivity contribution in [2.24, 2.45) is 17.3 Å². The quantitative estimate of drug-likeness (QED) is 0.477. The van der Waals surface area contributed by atoms with Crippen molar-refractivity contribution in [3.8, 4) is 0 Å². The normalized spacial score (nSPS) is 29.6. The highest BCUT2D eigenvalue weighted by Crippen LogP contribution is 2.63. The molecule has 30 heavy (non-hydrogen) atoms. The molecule has 2 fully saturated rings. The van der Waals surface area contributed by atoms with Gasteiger partial charge >= 0.3 is 0 Å². The molecule has 2 bridgehead atoms. The van der Waals surface area contributed by atoms with Crippen LogP contribution in [0.5, 0.6) is 0 Å². The van der Waals surface area contributed by atoms with Crippen molar-refractivity contribution in [2.75, 3.05) is 6.54 Å². The van der Waals surface area contributed by atoms with Gasteiger partial charge in [0.05, 0.1) is 5.41 Å². The summed E-state index contributed by atoms with van der Waals surface area (Å²) in [7, 11) is 0. The van der Waals surface area contributed by atoms with Crippen LogP contribution in [-0.4, -0.2) is 23.1 Å². The van der Waals surface area contributed by atoms with E-state index in [0.29, 0.717) is 19.0 Å². The molecule has 148 valence electrons. The first-order valence-electron chi connectivity index (χ1n) is 10.7. The van der Waals surface area contributed by atoms with Gasteiger partial charge in [0.1, 0.15) is 0 Å². The van der Waals surface area contributed by atoms with Crippen LogP contribution in [0, 0.1) is 17.3 Å². The van der Waals surface area contributed by atoms with Gasteiger partial charge in [0.15, 0.2) is 0 Å². The number of Topliss-reactive ketones (excluding diaryl/α,β-unsaturated/α-hetero) is 1. The van der Waals surface area contributed by atoms with Gasteiger partial charge in [-0.1, -0.05) is 84.9 Å². The lowest BCUT2D eigenvalue weighted by Crippen LogP contribution is -2.41. The highest BCUT2D eigenvalue weighted by Gasteiger charge is 2.66. The average molecular weight is 393 g/mol. The van der Waals surface area contributed by atoms with E-state index in [2.05, 4.69) is 54.6 Å². The van der Waals surface area contributed by atoms with Crippen molar-refractivity contribution in [1.29, 1.82) is 0 Å². The summed E-state index contributed by atoms with van der Waals surface area (Å²) < 4.78 is 0. The molecule has 0 aromatic heterocycles. The second kappa shape index (κ2) is 6.40. The number of carbonyl (C=O) groups is 2. The second-order valence-corrected chi connectivity index (χ2v) is 8.95. The van der Waals surface area contributed by atoms with E-state index in [1.54, 1.807) is 4.90 Å². The minimum Gasteiger partial charge on any atom is -0.331 e. The zero-order valence-electron chi connectivity index (χ0n) is 16.7. The molecule has 2 aliphatic carbocycles. The Balaban J connectivity index is 1.46. The van der Waals surface area contributed by atoms with E-state index in [4.69, 9.17) is 0 Å². The molecule has 3 heteroatoms. The fraction of sp³-hybridized carbons (Fsp3) is 0.259. The molecule has 1 amide bonds. The molecule has 3 aromatic rings. The summed E-state index contributed by atoms with van der Waals surface area (Å²) in [5.41, 5.74) is 1.64. The lowest BCUT2D eigenvalue weighted by Gasteiger charge is -2.37. The Morgan fingerprint density at radius 3 is 2.50 bits per heavy atom. The summed E-state index contributed by atoms with van der Waals surface area (Å²) >= 11 is 0. The van der Waals surface area contributed by atoms with Gasteiger partial charge in [0, 0.05) is 19.0 Å². The monoisotopic (exact) mass is 393 g/mol. The topological polar surface area (TPSA) is 37.4 Å². The zero-order valence-corrected chi connectivity index (χ0v) is 16.7. The lowest BCUT2D eigenvalue weighted by molar-refractivity contribution is -0.143. The maximum absolute atomic E-state index is 13.6. The minimum atomic E-state index is -0.643. The van der Waals surface area contributed by atoms with E-state index in [1.807, 2.05) is 30.3 Å². The fourth-order valence-corrected chi connectivity index (χ4v) is 6.26. The molecule has 6 rings (SSSR count). The Labute approximate surface area is 176 Å². The number of hydrogen-bond acceptors (Lipinski definition) is 2. The first-order valence-corrected chi connectivity index (χ1v) is 10.7. The maximum atomic E-state index is 13.6. The van der Waals surface area contributed by atoms with Gasteiger partial charge in [-0.3, -0.25) is 9.59 Å². The number of carbonyl (C=O) groups excluding carboxylic acids is 2. The summed E-state index contributed by atoms with van der Waals surface area (Å²) in [4.78, 5) is 28.5. The number of hydrogen-bond donors (Lipinski definition) is 0. The predicted molar refractivity (Wildman–Crippen MR) is 117 cm³/mol. The van der Waals surface area contributed by atoms with E-state index >= 15 is 0 Å². The first-order chi connectivity index (χ1) is 14.7. The van der Waals surface area contributed by atoms with E-state index in [0.717, 1.165) is 12.0 Å². The second-order valence-electron chi connectivity index (χ2n) is 8.95. The van der Waals surface area contributed by atoms with E-state index in [1.165, 1.54) is 16.3 Å². The highest BCUT2D eigenvalue weighted by atomic mass is 16.2. The van der Waals surface area contributed by atoms with E-state index in [9.17, 15) is 9.59 Å². The SMILES string of the molecule is O=C1C(=O)[C@@]2(CN1Cc1ccccc1)[C@H](c1cccc3ccccc13)[C@@H]1C=C[C@H]2C1. The number of rotatable bonds is 3. The molecule has 0 radical (unpaired) electrons. The maximum Gasteiger partial charge on any atom is 0.290 e. The molecule has 0 N–H and O–H groups in total. The van der Waals surface area contributed by atoms with Crippen LogP contribution in [0.1, 0.15) is 23.5 Å². The third-order valence-electron chi connectivity index (χ3n) is 7.49. The van der Waals surface area contributed by atoms with Gasteiger partial charge in [-0.25, -0.2) is 0 Å². The van der Waals surface area contributed by atoms with Crippen molar-refractivity contribution >= 4 is 22.5 Å². The van der Waals surface area contributed by atoms with Gasteiger partial charge in [0.2, 0.25) is 5.78 Å². The van der Waals surface area contributed by atoms with E-state index < -0.39 is 5.41 Å². The van der Waals surface area contributed by atoms with Crippen LogP contribution < -0.4 is 0 Å². The van der Waals surface area contributed by atoms with Gasteiger partial charge < -0.3 is 4.90 Å². The van der Waals surface area contributed by atoms with Crippen LogP contribution in [0.25, 0.3) is 10.8 Å². The molecule has 4 atom stereocenters. The molecule has 1 aliphatic heterocycles. The van der Waals surface area contributed by atoms with Crippen molar-refractivity contribution in [3.05, 3.63) is 96.1 Å². The number of nitrogens with zero attached hydrogens (tertiary/aromatic N) is 1. The Bertz CT molecular complexity index is 1190. The van der Waals surface area contributed by atoms with Crippen LogP contribution in [0.2, 0.25) is 0 Å². The Hall–Kier alpha value is -3.20. The lowest BCUT2D eigenvalue weighted by atomic mass is 9.64. The van der Waals surface area contributed by atoms with Crippen LogP contribution in [0.4, 0.5) is 0 Å². The number of ketones is 1. The summed E-state index contributed by atoms with van der Waals surface area (Å²) in [6.45, 7) is 1.01.